The van der Waals surface area contributed by atoms with Crippen molar-refractivity contribution in [1.82, 2.24) is 0 Å². The predicted octanol–water partition coefficient (Wildman–Crippen LogP) is 2.01. The van der Waals surface area contributed by atoms with Crippen LogP contribution in [0.3, 0.4) is 0 Å². The summed E-state index contributed by atoms with van der Waals surface area (Å²) >= 11 is 2.10. The summed E-state index contributed by atoms with van der Waals surface area (Å²) in [5, 5.41) is 8.90. The molecule has 1 aromatic rings. The minimum atomic E-state index is -0.987. The lowest BCUT2D eigenvalue weighted by atomic mass is 10.2. The number of hydrogen-bond donors (Lipinski definition) is 1. The van der Waals surface area contributed by atoms with Gasteiger partial charge in [0.05, 0.1) is 6.61 Å². The van der Waals surface area contributed by atoms with Crippen molar-refractivity contribution in [2.75, 3.05) is 20.3 Å². The molecule has 0 spiro atoms. The summed E-state index contributed by atoms with van der Waals surface area (Å²) < 4.78 is 11.1. The second-order valence-corrected chi connectivity index (χ2v) is 4.03. The van der Waals surface area contributed by atoms with Crippen molar-refractivity contribution in [3.8, 4) is 5.75 Å². The minimum Gasteiger partial charge on any atom is -0.490 e. The molecule has 0 bridgehead atoms. The Morgan fingerprint density at radius 1 is 1.47 bits per heavy atom. The molecule has 0 radical (unpaired) electrons. The SMILES string of the molecule is COCCOc1cc(I)ccc1C(=O)O. The normalized spacial score (nSPS) is 10.0. The number of aromatic carboxylic acids is 1. The Hall–Kier alpha value is -0.820. The Labute approximate surface area is 101 Å². The highest BCUT2D eigenvalue weighted by atomic mass is 127. The van der Waals surface area contributed by atoms with Crippen molar-refractivity contribution < 1.29 is 19.4 Å². The fraction of sp³-hybridized carbons (Fsp3) is 0.300. The molecule has 0 unspecified atom stereocenters. The van der Waals surface area contributed by atoms with Gasteiger partial charge in [-0.15, -0.1) is 0 Å². The van der Waals surface area contributed by atoms with Gasteiger partial charge in [0.1, 0.15) is 17.9 Å². The van der Waals surface area contributed by atoms with Gasteiger partial charge in [-0.25, -0.2) is 4.79 Å². The summed E-state index contributed by atoms with van der Waals surface area (Å²) in [7, 11) is 1.57. The lowest BCUT2D eigenvalue weighted by Gasteiger charge is -2.08. The van der Waals surface area contributed by atoms with E-state index in [2.05, 4.69) is 22.6 Å². The van der Waals surface area contributed by atoms with Crippen LogP contribution in [0.1, 0.15) is 10.4 Å². The van der Waals surface area contributed by atoms with Crippen molar-refractivity contribution >= 4 is 28.6 Å². The van der Waals surface area contributed by atoms with Gasteiger partial charge in [0.15, 0.2) is 0 Å². The maximum Gasteiger partial charge on any atom is 0.339 e. The first-order valence-electron chi connectivity index (χ1n) is 4.29. The van der Waals surface area contributed by atoms with Crippen LogP contribution >= 0.6 is 22.6 Å². The van der Waals surface area contributed by atoms with E-state index in [9.17, 15) is 4.79 Å². The van der Waals surface area contributed by atoms with Crippen LogP contribution in [0.25, 0.3) is 0 Å². The molecule has 15 heavy (non-hydrogen) atoms. The van der Waals surface area contributed by atoms with Gasteiger partial charge in [-0.3, -0.25) is 0 Å². The number of carboxylic acid groups (broad SMARTS) is 1. The van der Waals surface area contributed by atoms with Crippen LogP contribution in [0.5, 0.6) is 5.75 Å². The summed E-state index contributed by atoms with van der Waals surface area (Å²) in [4.78, 5) is 10.9. The summed E-state index contributed by atoms with van der Waals surface area (Å²) in [6.07, 6.45) is 0. The molecule has 0 atom stereocenters. The molecule has 4 nitrogen and oxygen atoms in total. The number of carboxylic acids is 1. The molecule has 1 rings (SSSR count). The molecule has 1 aromatic carbocycles. The van der Waals surface area contributed by atoms with Gasteiger partial charge in [-0.05, 0) is 40.8 Å². The van der Waals surface area contributed by atoms with Crippen molar-refractivity contribution in [2.45, 2.75) is 0 Å². The molecule has 0 aliphatic carbocycles. The zero-order valence-corrected chi connectivity index (χ0v) is 10.4. The lowest BCUT2D eigenvalue weighted by molar-refractivity contribution is 0.0689. The molecule has 0 saturated carbocycles. The highest BCUT2D eigenvalue weighted by Crippen LogP contribution is 2.21. The van der Waals surface area contributed by atoms with Crippen molar-refractivity contribution in [3.05, 3.63) is 27.3 Å². The molecule has 0 saturated heterocycles. The van der Waals surface area contributed by atoms with Crippen LogP contribution in [0.4, 0.5) is 0 Å². The Bertz CT molecular complexity index is 351. The number of methoxy groups -OCH3 is 1. The van der Waals surface area contributed by atoms with E-state index in [1.54, 1.807) is 19.2 Å². The lowest BCUT2D eigenvalue weighted by Crippen LogP contribution is -2.08. The van der Waals surface area contributed by atoms with E-state index in [1.807, 2.05) is 0 Å². The van der Waals surface area contributed by atoms with E-state index >= 15 is 0 Å². The van der Waals surface area contributed by atoms with E-state index in [-0.39, 0.29) is 5.56 Å². The van der Waals surface area contributed by atoms with Crippen LogP contribution in [0, 0.1) is 3.57 Å². The van der Waals surface area contributed by atoms with Gasteiger partial charge < -0.3 is 14.6 Å². The van der Waals surface area contributed by atoms with Gasteiger partial charge in [-0.1, -0.05) is 0 Å². The van der Waals surface area contributed by atoms with E-state index in [1.165, 1.54) is 6.07 Å². The average molecular weight is 322 g/mol. The third-order valence-electron chi connectivity index (χ3n) is 1.72. The number of halogens is 1. The van der Waals surface area contributed by atoms with Gasteiger partial charge in [0.25, 0.3) is 0 Å². The van der Waals surface area contributed by atoms with Crippen molar-refractivity contribution in [2.24, 2.45) is 0 Å². The zero-order chi connectivity index (χ0) is 11.3. The summed E-state index contributed by atoms with van der Waals surface area (Å²) in [6, 6.07) is 4.96. The first kappa shape index (κ1) is 12.3. The largest absolute Gasteiger partial charge is 0.490 e. The highest BCUT2D eigenvalue weighted by Gasteiger charge is 2.11. The zero-order valence-electron chi connectivity index (χ0n) is 8.20. The molecule has 0 heterocycles. The van der Waals surface area contributed by atoms with Gasteiger partial charge in [-0.2, -0.15) is 0 Å². The third kappa shape index (κ3) is 3.67. The molecule has 1 N–H and O–H groups in total. The van der Waals surface area contributed by atoms with Gasteiger partial charge in [0.2, 0.25) is 0 Å². The molecule has 0 aromatic heterocycles. The maximum absolute atomic E-state index is 10.9. The van der Waals surface area contributed by atoms with Crippen LogP contribution in [0.15, 0.2) is 18.2 Å². The Balaban J connectivity index is 2.82. The second-order valence-electron chi connectivity index (χ2n) is 2.79. The van der Waals surface area contributed by atoms with Crippen LogP contribution in [0.2, 0.25) is 0 Å². The monoisotopic (exact) mass is 322 g/mol. The fourth-order valence-electron chi connectivity index (χ4n) is 1.03. The first-order chi connectivity index (χ1) is 7.15. The number of rotatable bonds is 5. The number of carbonyl (C=O) groups is 1. The highest BCUT2D eigenvalue weighted by molar-refractivity contribution is 14.1. The predicted molar refractivity (Wildman–Crippen MR) is 63.5 cm³/mol. The quantitative estimate of drug-likeness (QED) is 0.666. The van der Waals surface area contributed by atoms with Crippen LogP contribution in [-0.2, 0) is 4.74 Å². The molecule has 0 amide bonds. The summed E-state index contributed by atoms with van der Waals surface area (Å²) in [5.41, 5.74) is 0.173. The van der Waals surface area contributed by atoms with E-state index in [0.29, 0.717) is 19.0 Å². The molecule has 0 fully saturated rings. The third-order valence-corrected chi connectivity index (χ3v) is 2.39. The number of hydrogen-bond acceptors (Lipinski definition) is 3. The van der Waals surface area contributed by atoms with Gasteiger partial charge >= 0.3 is 5.97 Å². The van der Waals surface area contributed by atoms with Crippen LogP contribution < -0.4 is 4.74 Å². The topological polar surface area (TPSA) is 55.8 Å². The molecule has 0 aliphatic heterocycles. The smallest absolute Gasteiger partial charge is 0.339 e. The van der Waals surface area contributed by atoms with E-state index < -0.39 is 5.97 Å². The Morgan fingerprint density at radius 2 is 2.20 bits per heavy atom. The van der Waals surface area contributed by atoms with Crippen LogP contribution in [-0.4, -0.2) is 31.4 Å². The Kier molecular flexibility index (Phi) is 4.83. The van der Waals surface area contributed by atoms with Crippen molar-refractivity contribution in [1.29, 1.82) is 0 Å². The fourth-order valence-corrected chi connectivity index (χ4v) is 1.49. The van der Waals surface area contributed by atoms with Crippen molar-refractivity contribution in [3.63, 3.8) is 0 Å². The average Bonchev–Trinajstić information content (AvgIpc) is 2.18. The number of ether oxygens (including phenoxy) is 2. The standard InChI is InChI=1S/C10H11IO4/c1-14-4-5-15-9-6-7(11)2-3-8(9)10(12)13/h2-3,6H,4-5H2,1H3,(H,12,13). The summed E-state index contributed by atoms with van der Waals surface area (Å²) in [6.45, 7) is 0.779. The second kappa shape index (κ2) is 5.92. The Morgan fingerprint density at radius 3 is 2.80 bits per heavy atom. The minimum absolute atomic E-state index is 0.173. The molecule has 82 valence electrons. The van der Waals surface area contributed by atoms with E-state index in [0.717, 1.165) is 3.57 Å². The summed E-state index contributed by atoms with van der Waals surface area (Å²) in [5.74, 6) is -0.606. The molecule has 0 aliphatic rings. The molecular weight excluding hydrogens is 311 g/mol. The van der Waals surface area contributed by atoms with Gasteiger partial charge in [0, 0.05) is 10.7 Å². The number of benzene rings is 1. The first-order valence-corrected chi connectivity index (χ1v) is 5.37. The maximum atomic E-state index is 10.9. The van der Waals surface area contributed by atoms with E-state index in [4.69, 9.17) is 14.6 Å². The molecular formula is C10H11IO4. The molecule has 5 heteroatoms.